The van der Waals surface area contributed by atoms with Gasteiger partial charge in [-0.25, -0.2) is 4.98 Å². The number of nitrogens with zero attached hydrogens (tertiary/aromatic N) is 4. The van der Waals surface area contributed by atoms with E-state index in [0.717, 1.165) is 41.8 Å². The fraction of sp³-hybridized carbons (Fsp3) is 0.583. The van der Waals surface area contributed by atoms with Crippen LogP contribution in [0.1, 0.15) is 12.4 Å². The molecule has 2 rings (SSSR count). The van der Waals surface area contributed by atoms with Crippen molar-refractivity contribution < 1.29 is 8.78 Å². The Balaban J connectivity index is 1.85. The standard InChI is InChI=1S/C12H17BrF2N4/c1-10(13)8-17-4-6-18(7-5-17)9-11-16-2-3-19(11)12(14)15/h2-3,12H,1,4-9H2. The third-order valence-corrected chi connectivity index (χ3v) is 3.44. The number of hydrogen-bond donors (Lipinski definition) is 0. The van der Waals surface area contributed by atoms with E-state index in [-0.39, 0.29) is 0 Å². The maximum absolute atomic E-state index is 12.7. The average Bonchev–Trinajstić information content (AvgIpc) is 2.79. The molecule has 4 nitrogen and oxygen atoms in total. The minimum atomic E-state index is -2.52. The second kappa shape index (κ2) is 6.58. The monoisotopic (exact) mass is 334 g/mol. The summed E-state index contributed by atoms with van der Waals surface area (Å²) in [6, 6.07) is 0. The lowest BCUT2D eigenvalue weighted by molar-refractivity contribution is 0.0611. The van der Waals surface area contributed by atoms with Crippen molar-refractivity contribution >= 4 is 15.9 Å². The van der Waals surface area contributed by atoms with E-state index >= 15 is 0 Å². The van der Waals surface area contributed by atoms with Gasteiger partial charge >= 0.3 is 6.55 Å². The molecule has 0 aromatic carbocycles. The van der Waals surface area contributed by atoms with Crippen molar-refractivity contribution in [1.82, 2.24) is 19.4 Å². The van der Waals surface area contributed by atoms with E-state index in [1.165, 1.54) is 12.4 Å². The molecule has 1 fully saturated rings. The van der Waals surface area contributed by atoms with Gasteiger partial charge in [-0.2, -0.15) is 8.78 Å². The Morgan fingerprint density at radius 1 is 1.32 bits per heavy atom. The Morgan fingerprint density at radius 2 is 1.95 bits per heavy atom. The van der Waals surface area contributed by atoms with Gasteiger partial charge in [0.2, 0.25) is 0 Å². The summed E-state index contributed by atoms with van der Waals surface area (Å²) in [6.07, 6.45) is 2.75. The minimum Gasteiger partial charge on any atom is -0.296 e. The van der Waals surface area contributed by atoms with Gasteiger partial charge in [0.25, 0.3) is 0 Å². The van der Waals surface area contributed by atoms with Crippen LogP contribution in [-0.4, -0.2) is 52.1 Å². The van der Waals surface area contributed by atoms with Gasteiger partial charge < -0.3 is 0 Å². The quantitative estimate of drug-likeness (QED) is 0.825. The van der Waals surface area contributed by atoms with Crippen molar-refractivity contribution in [3.63, 3.8) is 0 Å². The first kappa shape index (κ1) is 14.6. The smallest absolute Gasteiger partial charge is 0.296 e. The molecule has 0 radical (unpaired) electrons. The Bertz CT molecular complexity index is 427. The molecular formula is C12H17BrF2N4. The molecule has 0 amide bonds. The van der Waals surface area contributed by atoms with E-state index in [1.807, 2.05) is 0 Å². The number of halogens is 3. The molecule has 0 aliphatic carbocycles. The van der Waals surface area contributed by atoms with Crippen molar-refractivity contribution in [1.29, 1.82) is 0 Å². The molecular weight excluding hydrogens is 318 g/mol. The highest BCUT2D eigenvalue weighted by molar-refractivity contribution is 9.11. The van der Waals surface area contributed by atoms with Gasteiger partial charge in [0.15, 0.2) is 0 Å². The van der Waals surface area contributed by atoms with Crippen LogP contribution in [0.5, 0.6) is 0 Å². The van der Waals surface area contributed by atoms with Crippen molar-refractivity contribution in [2.24, 2.45) is 0 Å². The average molecular weight is 335 g/mol. The molecule has 7 heteroatoms. The van der Waals surface area contributed by atoms with Crippen LogP contribution >= 0.6 is 15.9 Å². The number of piperazine rings is 1. The van der Waals surface area contributed by atoms with Crippen LogP contribution in [0.2, 0.25) is 0 Å². The first-order valence-electron chi connectivity index (χ1n) is 6.14. The molecule has 0 saturated carbocycles. The highest BCUT2D eigenvalue weighted by atomic mass is 79.9. The molecule has 0 N–H and O–H groups in total. The molecule has 0 unspecified atom stereocenters. The van der Waals surface area contributed by atoms with Gasteiger partial charge in [0.05, 0.1) is 6.54 Å². The first-order chi connectivity index (χ1) is 9.06. The fourth-order valence-electron chi connectivity index (χ4n) is 2.19. The Hall–Kier alpha value is -0.790. The molecule has 1 aliphatic rings. The summed E-state index contributed by atoms with van der Waals surface area (Å²) in [5.74, 6) is 0.424. The molecule has 0 spiro atoms. The molecule has 1 saturated heterocycles. The molecule has 0 atom stereocenters. The number of aromatic nitrogens is 2. The summed E-state index contributed by atoms with van der Waals surface area (Å²) < 4.78 is 27.3. The van der Waals surface area contributed by atoms with Gasteiger partial charge in [-0.05, 0) is 0 Å². The summed E-state index contributed by atoms with van der Waals surface area (Å²) in [5, 5.41) is 0. The maximum Gasteiger partial charge on any atom is 0.319 e. The van der Waals surface area contributed by atoms with Crippen LogP contribution in [-0.2, 0) is 6.54 Å². The predicted octanol–water partition coefficient (Wildman–Crippen LogP) is 2.30. The van der Waals surface area contributed by atoms with Crippen molar-refractivity contribution in [2.75, 3.05) is 32.7 Å². The summed E-state index contributed by atoms with van der Waals surface area (Å²) in [4.78, 5) is 8.44. The lowest BCUT2D eigenvalue weighted by Gasteiger charge is -2.34. The fourth-order valence-corrected chi connectivity index (χ4v) is 2.55. The van der Waals surface area contributed by atoms with E-state index in [4.69, 9.17) is 0 Å². The third kappa shape index (κ3) is 4.09. The largest absolute Gasteiger partial charge is 0.319 e. The van der Waals surface area contributed by atoms with E-state index in [1.54, 1.807) is 0 Å². The predicted molar refractivity (Wildman–Crippen MR) is 73.3 cm³/mol. The third-order valence-electron chi connectivity index (χ3n) is 3.18. The summed E-state index contributed by atoms with van der Waals surface area (Å²) >= 11 is 3.35. The molecule has 1 aliphatic heterocycles. The first-order valence-corrected chi connectivity index (χ1v) is 6.93. The van der Waals surface area contributed by atoms with Crippen molar-refractivity contribution in [2.45, 2.75) is 13.1 Å². The second-order valence-corrected chi connectivity index (χ2v) is 5.72. The molecule has 1 aromatic rings. The van der Waals surface area contributed by atoms with E-state index in [9.17, 15) is 8.78 Å². The van der Waals surface area contributed by atoms with Crippen LogP contribution in [0.15, 0.2) is 23.5 Å². The lowest BCUT2D eigenvalue weighted by Crippen LogP contribution is -2.46. The minimum absolute atomic E-state index is 0.424. The van der Waals surface area contributed by atoms with Gasteiger partial charge in [-0.1, -0.05) is 22.5 Å². The summed E-state index contributed by atoms with van der Waals surface area (Å²) in [7, 11) is 0. The number of hydrogen-bond acceptors (Lipinski definition) is 3. The summed E-state index contributed by atoms with van der Waals surface area (Å²) in [5.41, 5.74) is 0. The second-order valence-electron chi connectivity index (χ2n) is 4.60. The van der Waals surface area contributed by atoms with E-state index in [2.05, 4.69) is 37.3 Å². The highest BCUT2D eigenvalue weighted by Crippen LogP contribution is 2.15. The lowest BCUT2D eigenvalue weighted by atomic mass is 10.3. The van der Waals surface area contributed by atoms with Crippen molar-refractivity contribution in [3.05, 3.63) is 29.3 Å². The zero-order chi connectivity index (χ0) is 13.8. The van der Waals surface area contributed by atoms with Gasteiger partial charge in [0.1, 0.15) is 5.82 Å². The Kier molecular flexibility index (Phi) is 5.06. The molecule has 0 bridgehead atoms. The molecule has 19 heavy (non-hydrogen) atoms. The normalized spacial score (nSPS) is 18.1. The molecule has 1 aromatic heterocycles. The zero-order valence-electron chi connectivity index (χ0n) is 10.6. The van der Waals surface area contributed by atoms with E-state index in [0.29, 0.717) is 12.4 Å². The van der Waals surface area contributed by atoms with Crippen LogP contribution < -0.4 is 0 Å². The van der Waals surface area contributed by atoms with Crippen LogP contribution in [0, 0.1) is 0 Å². The highest BCUT2D eigenvalue weighted by Gasteiger charge is 2.20. The van der Waals surface area contributed by atoms with Crippen LogP contribution in [0.3, 0.4) is 0 Å². The van der Waals surface area contributed by atoms with E-state index < -0.39 is 6.55 Å². The number of imidazole rings is 1. The van der Waals surface area contributed by atoms with Crippen LogP contribution in [0.4, 0.5) is 8.78 Å². The van der Waals surface area contributed by atoms with Crippen LogP contribution in [0.25, 0.3) is 0 Å². The maximum atomic E-state index is 12.7. The summed E-state index contributed by atoms with van der Waals surface area (Å²) in [6.45, 7) is 6.16. The zero-order valence-corrected chi connectivity index (χ0v) is 12.2. The van der Waals surface area contributed by atoms with Gasteiger partial charge in [0, 0.05) is 49.6 Å². The molecule has 106 valence electrons. The number of rotatable bonds is 5. The Labute approximate surface area is 119 Å². The van der Waals surface area contributed by atoms with Gasteiger partial charge in [-0.3, -0.25) is 14.4 Å². The van der Waals surface area contributed by atoms with Crippen molar-refractivity contribution in [3.8, 4) is 0 Å². The Morgan fingerprint density at radius 3 is 2.53 bits per heavy atom. The molecule has 2 heterocycles. The van der Waals surface area contributed by atoms with Gasteiger partial charge in [-0.15, -0.1) is 0 Å². The number of alkyl halides is 2. The topological polar surface area (TPSA) is 24.3 Å². The SMILES string of the molecule is C=C(Br)CN1CCN(Cc2nccn2C(F)F)CC1.